The van der Waals surface area contributed by atoms with Gasteiger partial charge in [-0.2, -0.15) is 0 Å². The van der Waals surface area contributed by atoms with Crippen LogP contribution < -0.4 is 5.73 Å². The van der Waals surface area contributed by atoms with E-state index in [1.807, 2.05) is 0 Å². The van der Waals surface area contributed by atoms with Crippen molar-refractivity contribution in [3.8, 4) is 11.5 Å². The van der Waals surface area contributed by atoms with Crippen molar-refractivity contribution in [2.75, 3.05) is 0 Å². The first-order valence-electron chi connectivity index (χ1n) is 4.92. The average molecular weight is 195 g/mol. The molecular formula is C11H17NO2. The summed E-state index contributed by atoms with van der Waals surface area (Å²) in [5.74, 6) is -0.203. The molecular weight excluding hydrogens is 178 g/mol. The summed E-state index contributed by atoms with van der Waals surface area (Å²) < 4.78 is 0. The van der Waals surface area contributed by atoms with Crippen molar-refractivity contribution in [3.63, 3.8) is 0 Å². The standard InChI is InChI=1S/C11H17NO2/c1-2-3-4-9(12)8-5-6-10(13)11(14)7-8/h5-7,9,13-14H,2-4,12H2,1H3. The highest BCUT2D eigenvalue weighted by Crippen LogP contribution is 2.28. The van der Waals surface area contributed by atoms with E-state index in [1.165, 1.54) is 12.1 Å². The lowest BCUT2D eigenvalue weighted by atomic mass is 10.0. The Balaban J connectivity index is 2.70. The van der Waals surface area contributed by atoms with Crippen molar-refractivity contribution in [2.24, 2.45) is 5.73 Å². The molecule has 1 rings (SSSR count). The van der Waals surface area contributed by atoms with Crippen LogP contribution in [-0.2, 0) is 0 Å². The Morgan fingerprint density at radius 3 is 2.57 bits per heavy atom. The normalized spacial score (nSPS) is 12.7. The van der Waals surface area contributed by atoms with Gasteiger partial charge in [0.1, 0.15) is 0 Å². The number of rotatable bonds is 4. The van der Waals surface area contributed by atoms with Gasteiger partial charge >= 0.3 is 0 Å². The molecule has 3 heteroatoms. The van der Waals surface area contributed by atoms with E-state index >= 15 is 0 Å². The largest absolute Gasteiger partial charge is 0.504 e. The second-order valence-electron chi connectivity index (χ2n) is 3.50. The highest BCUT2D eigenvalue weighted by atomic mass is 16.3. The minimum absolute atomic E-state index is 0.0542. The van der Waals surface area contributed by atoms with Crippen LogP contribution in [0, 0.1) is 0 Å². The lowest BCUT2D eigenvalue weighted by Crippen LogP contribution is -2.09. The zero-order valence-corrected chi connectivity index (χ0v) is 8.40. The first-order valence-corrected chi connectivity index (χ1v) is 4.92. The Hall–Kier alpha value is -1.22. The van der Waals surface area contributed by atoms with Crippen LogP contribution >= 0.6 is 0 Å². The van der Waals surface area contributed by atoms with Gasteiger partial charge in [0.25, 0.3) is 0 Å². The van der Waals surface area contributed by atoms with E-state index in [9.17, 15) is 5.11 Å². The molecule has 0 amide bonds. The van der Waals surface area contributed by atoms with Crippen LogP contribution in [0.3, 0.4) is 0 Å². The fourth-order valence-corrected chi connectivity index (χ4v) is 1.36. The highest BCUT2D eigenvalue weighted by molar-refractivity contribution is 5.41. The Kier molecular flexibility index (Phi) is 3.77. The number of hydrogen-bond donors (Lipinski definition) is 3. The van der Waals surface area contributed by atoms with Crippen molar-refractivity contribution in [1.29, 1.82) is 0 Å². The zero-order chi connectivity index (χ0) is 10.6. The Labute approximate surface area is 84.2 Å². The molecule has 0 aliphatic rings. The number of hydrogen-bond acceptors (Lipinski definition) is 3. The molecule has 0 aliphatic carbocycles. The van der Waals surface area contributed by atoms with Gasteiger partial charge in [-0.15, -0.1) is 0 Å². The molecule has 0 saturated heterocycles. The van der Waals surface area contributed by atoms with Gasteiger partial charge < -0.3 is 15.9 Å². The summed E-state index contributed by atoms with van der Waals surface area (Å²) in [4.78, 5) is 0. The van der Waals surface area contributed by atoms with Crippen molar-refractivity contribution in [3.05, 3.63) is 23.8 Å². The molecule has 4 N–H and O–H groups in total. The summed E-state index contributed by atoms with van der Waals surface area (Å²) in [6, 6.07) is 4.68. The molecule has 1 aromatic rings. The number of phenols is 2. The van der Waals surface area contributed by atoms with Crippen molar-refractivity contribution >= 4 is 0 Å². The molecule has 3 nitrogen and oxygen atoms in total. The maximum absolute atomic E-state index is 9.27. The van der Waals surface area contributed by atoms with Gasteiger partial charge in [0.05, 0.1) is 0 Å². The Bertz CT molecular complexity index is 299. The molecule has 0 aliphatic heterocycles. The molecule has 0 saturated carbocycles. The molecule has 0 fully saturated rings. The quantitative estimate of drug-likeness (QED) is 0.646. The number of nitrogens with two attached hydrogens (primary N) is 1. The van der Waals surface area contributed by atoms with E-state index in [0.717, 1.165) is 24.8 Å². The molecule has 1 unspecified atom stereocenters. The van der Waals surface area contributed by atoms with E-state index in [2.05, 4.69) is 6.92 Å². The van der Waals surface area contributed by atoms with Crippen molar-refractivity contribution in [1.82, 2.24) is 0 Å². The summed E-state index contributed by atoms with van der Waals surface area (Å²) >= 11 is 0. The van der Waals surface area contributed by atoms with Crippen LogP contribution in [-0.4, -0.2) is 10.2 Å². The third kappa shape index (κ3) is 2.64. The first kappa shape index (κ1) is 10.9. The van der Waals surface area contributed by atoms with Crippen LogP contribution in [0.5, 0.6) is 11.5 Å². The third-order valence-electron chi connectivity index (χ3n) is 2.30. The van der Waals surface area contributed by atoms with E-state index < -0.39 is 0 Å². The van der Waals surface area contributed by atoms with Gasteiger partial charge in [-0.25, -0.2) is 0 Å². The topological polar surface area (TPSA) is 66.5 Å². The second kappa shape index (κ2) is 4.86. The lowest BCUT2D eigenvalue weighted by molar-refractivity contribution is 0.402. The van der Waals surface area contributed by atoms with Crippen LogP contribution in [0.25, 0.3) is 0 Å². The summed E-state index contributed by atoms with van der Waals surface area (Å²) in [6.45, 7) is 2.11. The predicted octanol–water partition coefficient (Wildman–Crippen LogP) is 2.29. The predicted molar refractivity (Wildman–Crippen MR) is 56.2 cm³/mol. The van der Waals surface area contributed by atoms with Gasteiger partial charge in [0.2, 0.25) is 0 Å². The molecule has 0 heterocycles. The number of unbranched alkanes of at least 4 members (excludes halogenated alkanes) is 1. The summed E-state index contributed by atoms with van der Waals surface area (Å²) in [5, 5.41) is 18.4. The molecule has 1 aromatic carbocycles. The summed E-state index contributed by atoms with van der Waals surface area (Å²) in [5.41, 5.74) is 6.78. The Morgan fingerprint density at radius 2 is 2.00 bits per heavy atom. The summed E-state index contributed by atoms with van der Waals surface area (Å²) in [6.07, 6.45) is 3.08. The van der Waals surface area contributed by atoms with E-state index in [-0.39, 0.29) is 17.5 Å². The maximum Gasteiger partial charge on any atom is 0.157 e. The number of aromatic hydroxyl groups is 2. The smallest absolute Gasteiger partial charge is 0.157 e. The fraction of sp³-hybridized carbons (Fsp3) is 0.455. The molecule has 0 bridgehead atoms. The van der Waals surface area contributed by atoms with Crippen molar-refractivity contribution in [2.45, 2.75) is 32.2 Å². The van der Waals surface area contributed by atoms with Crippen molar-refractivity contribution < 1.29 is 10.2 Å². The van der Waals surface area contributed by atoms with Crippen LogP contribution in [0.15, 0.2) is 18.2 Å². The monoisotopic (exact) mass is 195 g/mol. The Morgan fingerprint density at radius 1 is 1.29 bits per heavy atom. The van der Waals surface area contributed by atoms with Gasteiger partial charge in [-0.3, -0.25) is 0 Å². The van der Waals surface area contributed by atoms with E-state index in [0.29, 0.717) is 0 Å². The minimum Gasteiger partial charge on any atom is -0.504 e. The SMILES string of the molecule is CCCCC(N)c1ccc(O)c(O)c1. The van der Waals surface area contributed by atoms with Crippen LogP contribution in [0.4, 0.5) is 0 Å². The first-order chi connectivity index (χ1) is 6.65. The van der Waals surface area contributed by atoms with E-state index in [1.54, 1.807) is 6.07 Å². The van der Waals surface area contributed by atoms with Gasteiger partial charge in [-0.05, 0) is 24.1 Å². The molecule has 0 aromatic heterocycles. The highest BCUT2D eigenvalue weighted by Gasteiger charge is 2.07. The molecule has 0 spiro atoms. The summed E-state index contributed by atoms with van der Waals surface area (Å²) in [7, 11) is 0. The fourth-order valence-electron chi connectivity index (χ4n) is 1.36. The number of benzene rings is 1. The minimum atomic E-state index is -0.102. The number of phenolic OH excluding ortho intramolecular Hbond substituents is 2. The van der Waals surface area contributed by atoms with Gasteiger partial charge in [0, 0.05) is 6.04 Å². The van der Waals surface area contributed by atoms with E-state index in [4.69, 9.17) is 10.8 Å². The molecule has 1 atom stereocenters. The van der Waals surface area contributed by atoms with Gasteiger partial charge in [0.15, 0.2) is 11.5 Å². The zero-order valence-electron chi connectivity index (χ0n) is 8.40. The second-order valence-corrected chi connectivity index (χ2v) is 3.50. The van der Waals surface area contributed by atoms with Crippen LogP contribution in [0.1, 0.15) is 37.8 Å². The van der Waals surface area contributed by atoms with Crippen LogP contribution in [0.2, 0.25) is 0 Å². The third-order valence-corrected chi connectivity index (χ3v) is 2.30. The molecule has 14 heavy (non-hydrogen) atoms. The van der Waals surface area contributed by atoms with Gasteiger partial charge in [-0.1, -0.05) is 25.8 Å². The molecule has 78 valence electrons. The lowest BCUT2D eigenvalue weighted by Gasteiger charge is -2.11. The average Bonchev–Trinajstić information content (AvgIpc) is 2.18. The maximum atomic E-state index is 9.27. The molecule has 0 radical (unpaired) electrons.